The van der Waals surface area contributed by atoms with E-state index in [1.807, 2.05) is 20.8 Å². The summed E-state index contributed by atoms with van der Waals surface area (Å²) in [5.41, 5.74) is -0.562. The van der Waals surface area contributed by atoms with Crippen molar-refractivity contribution in [2.75, 3.05) is 19.7 Å². The summed E-state index contributed by atoms with van der Waals surface area (Å²) in [6, 6.07) is 0. The van der Waals surface area contributed by atoms with E-state index in [1.54, 1.807) is 0 Å². The second-order valence-electron chi connectivity index (χ2n) is 5.65. The lowest BCUT2D eigenvalue weighted by atomic mass is 9.77. The van der Waals surface area contributed by atoms with Gasteiger partial charge in [0.15, 0.2) is 0 Å². The number of aliphatic hydroxyl groups is 1. The monoisotopic (exact) mass is 244 g/mol. The van der Waals surface area contributed by atoms with Crippen molar-refractivity contribution in [1.82, 2.24) is 10.6 Å². The van der Waals surface area contributed by atoms with Crippen LogP contribution in [0.1, 0.15) is 40.0 Å². The number of hydrogen-bond acceptors (Lipinski definition) is 4. The minimum Gasteiger partial charge on any atom is -0.444 e. The third kappa shape index (κ3) is 4.91. The summed E-state index contributed by atoms with van der Waals surface area (Å²) < 4.78 is 5.11. The lowest BCUT2D eigenvalue weighted by molar-refractivity contribution is 0.0519. The molecule has 1 saturated carbocycles. The van der Waals surface area contributed by atoms with E-state index in [0.717, 1.165) is 19.3 Å². The zero-order valence-corrected chi connectivity index (χ0v) is 11.0. The average molecular weight is 244 g/mol. The zero-order chi connectivity index (χ0) is 12.9. The van der Waals surface area contributed by atoms with Crippen LogP contribution in [0.2, 0.25) is 0 Å². The topological polar surface area (TPSA) is 70.6 Å². The summed E-state index contributed by atoms with van der Waals surface area (Å²) >= 11 is 0. The molecule has 0 aromatic heterocycles. The molecule has 1 aliphatic carbocycles. The molecule has 5 heteroatoms. The molecule has 1 amide bonds. The van der Waals surface area contributed by atoms with E-state index < -0.39 is 11.7 Å². The summed E-state index contributed by atoms with van der Waals surface area (Å²) in [4.78, 5) is 11.3. The maximum atomic E-state index is 11.3. The largest absolute Gasteiger partial charge is 0.444 e. The molecule has 0 spiro atoms. The normalized spacial score (nSPS) is 18.4. The first-order chi connectivity index (χ1) is 7.87. The van der Waals surface area contributed by atoms with Gasteiger partial charge in [-0.2, -0.15) is 0 Å². The minimum absolute atomic E-state index is 0.102. The third-order valence-corrected chi connectivity index (χ3v) is 2.91. The van der Waals surface area contributed by atoms with Gasteiger partial charge >= 0.3 is 6.09 Å². The highest BCUT2D eigenvalue weighted by Gasteiger charge is 2.35. The summed E-state index contributed by atoms with van der Waals surface area (Å²) in [7, 11) is 0. The molecule has 5 nitrogen and oxygen atoms in total. The highest BCUT2D eigenvalue weighted by Crippen LogP contribution is 2.30. The molecule has 0 heterocycles. The highest BCUT2D eigenvalue weighted by atomic mass is 16.6. The third-order valence-electron chi connectivity index (χ3n) is 2.91. The van der Waals surface area contributed by atoms with Crippen LogP contribution in [0.5, 0.6) is 0 Å². The van der Waals surface area contributed by atoms with E-state index in [2.05, 4.69) is 10.6 Å². The molecule has 0 aliphatic heterocycles. The van der Waals surface area contributed by atoms with E-state index in [1.165, 1.54) is 0 Å². The Morgan fingerprint density at radius 3 is 2.41 bits per heavy atom. The first-order valence-corrected chi connectivity index (χ1v) is 6.20. The van der Waals surface area contributed by atoms with Crippen molar-refractivity contribution in [3.63, 3.8) is 0 Å². The van der Waals surface area contributed by atoms with Crippen LogP contribution in [-0.4, -0.2) is 42.0 Å². The van der Waals surface area contributed by atoms with Crippen molar-refractivity contribution in [3.05, 3.63) is 0 Å². The van der Waals surface area contributed by atoms with Crippen molar-refractivity contribution >= 4 is 6.09 Å². The van der Waals surface area contributed by atoms with E-state index in [-0.39, 0.29) is 12.1 Å². The van der Waals surface area contributed by atoms with Gasteiger partial charge in [0.05, 0.1) is 6.61 Å². The van der Waals surface area contributed by atoms with Gasteiger partial charge in [0.25, 0.3) is 0 Å². The maximum absolute atomic E-state index is 11.3. The molecule has 0 unspecified atom stereocenters. The molecule has 0 bridgehead atoms. The van der Waals surface area contributed by atoms with Crippen molar-refractivity contribution in [3.8, 4) is 0 Å². The number of aliphatic hydroxyl groups excluding tert-OH is 1. The summed E-state index contributed by atoms with van der Waals surface area (Å²) in [6.45, 7) is 6.83. The lowest BCUT2D eigenvalue weighted by Gasteiger charge is -2.41. The first kappa shape index (κ1) is 14.3. The Labute approximate surface area is 103 Å². The van der Waals surface area contributed by atoms with Crippen molar-refractivity contribution in [2.45, 2.75) is 51.2 Å². The molecule has 3 N–H and O–H groups in total. The predicted octanol–water partition coefficient (Wildman–Crippen LogP) is 1.02. The van der Waals surface area contributed by atoms with Crippen LogP contribution < -0.4 is 10.6 Å². The standard InChI is InChI=1S/C12H24N2O3/c1-11(2,3)17-10(16)13-7-8-14-12(9-15)5-4-6-12/h14-15H,4-9H2,1-3H3,(H,13,16). The van der Waals surface area contributed by atoms with Gasteiger partial charge in [-0.15, -0.1) is 0 Å². The quantitative estimate of drug-likeness (QED) is 0.631. The Balaban J connectivity index is 2.10. The molecule has 1 rings (SSSR count). The molecule has 1 fully saturated rings. The van der Waals surface area contributed by atoms with Crippen LogP contribution in [0.4, 0.5) is 4.79 Å². The number of amides is 1. The van der Waals surface area contributed by atoms with Crippen molar-refractivity contribution in [2.24, 2.45) is 0 Å². The molecule has 1 aliphatic rings. The number of carbonyl (C=O) groups is 1. The number of alkyl carbamates (subject to hydrolysis) is 1. The molecular weight excluding hydrogens is 220 g/mol. The molecule has 0 radical (unpaired) electrons. The van der Waals surface area contributed by atoms with Gasteiger partial charge in [0.2, 0.25) is 0 Å². The summed E-state index contributed by atoms with van der Waals surface area (Å²) in [5, 5.41) is 15.2. The number of nitrogens with one attached hydrogen (secondary N) is 2. The van der Waals surface area contributed by atoms with Crippen LogP contribution >= 0.6 is 0 Å². The Hall–Kier alpha value is -0.810. The fourth-order valence-corrected chi connectivity index (χ4v) is 1.80. The van der Waals surface area contributed by atoms with Crippen LogP contribution in [0, 0.1) is 0 Å². The van der Waals surface area contributed by atoms with Gasteiger partial charge in [0, 0.05) is 18.6 Å². The van der Waals surface area contributed by atoms with Crippen molar-refractivity contribution in [1.29, 1.82) is 0 Å². The Kier molecular flexibility index (Phi) is 4.77. The molecule has 0 aromatic rings. The minimum atomic E-state index is -0.461. The lowest BCUT2D eigenvalue weighted by Crippen LogP contribution is -2.55. The second kappa shape index (κ2) is 5.69. The van der Waals surface area contributed by atoms with E-state index in [4.69, 9.17) is 4.74 Å². The number of hydrogen-bond donors (Lipinski definition) is 3. The van der Waals surface area contributed by atoms with Crippen molar-refractivity contribution < 1.29 is 14.6 Å². The molecular formula is C12H24N2O3. The molecule has 0 aromatic carbocycles. The van der Waals surface area contributed by atoms with Gasteiger partial charge in [-0.25, -0.2) is 4.79 Å². The zero-order valence-electron chi connectivity index (χ0n) is 11.0. The summed E-state index contributed by atoms with van der Waals surface area (Å²) in [5.74, 6) is 0. The van der Waals surface area contributed by atoms with Gasteiger partial charge in [-0.3, -0.25) is 0 Å². The number of rotatable bonds is 5. The van der Waals surface area contributed by atoms with Crippen LogP contribution in [-0.2, 0) is 4.74 Å². The summed E-state index contributed by atoms with van der Waals surface area (Å²) in [6.07, 6.45) is 2.78. The van der Waals surface area contributed by atoms with E-state index in [9.17, 15) is 9.90 Å². The molecule has 100 valence electrons. The van der Waals surface area contributed by atoms with E-state index in [0.29, 0.717) is 13.1 Å². The predicted molar refractivity (Wildman–Crippen MR) is 65.9 cm³/mol. The SMILES string of the molecule is CC(C)(C)OC(=O)NCCNC1(CO)CCC1. The fraction of sp³-hybridized carbons (Fsp3) is 0.917. The second-order valence-corrected chi connectivity index (χ2v) is 5.65. The van der Waals surface area contributed by atoms with Crippen LogP contribution in [0.15, 0.2) is 0 Å². The Morgan fingerprint density at radius 1 is 1.35 bits per heavy atom. The Bertz CT molecular complexity index is 251. The molecule has 0 atom stereocenters. The van der Waals surface area contributed by atoms with Crippen LogP contribution in [0.3, 0.4) is 0 Å². The first-order valence-electron chi connectivity index (χ1n) is 6.20. The molecule has 17 heavy (non-hydrogen) atoms. The van der Waals surface area contributed by atoms with E-state index >= 15 is 0 Å². The number of ether oxygens (including phenoxy) is 1. The average Bonchev–Trinajstić information content (AvgIpc) is 2.13. The maximum Gasteiger partial charge on any atom is 0.407 e. The van der Waals surface area contributed by atoms with Gasteiger partial charge in [-0.1, -0.05) is 0 Å². The highest BCUT2D eigenvalue weighted by molar-refractivity contribution is 5.67. The van der Waals surface area contributed by atoms with Gasteiger partial charge in [0.1, 0.15) is 5.60 Å². The number of carbonyl (C=O) groups excluding carboxylic acids is 1. The smallest absolute Gasteiger partial charge is 0.407 e. The van der Waals surface area contributed by atoms with Gasteiger partial charge in [-0.05, 0) is 40.0 Å². The van der Waals surface area contributed by atoms with Crippen LogP contribution in [0.25, 0.3) is 0 Å². The van der Waals surface area contributed by atoms with Gasteiger partial charge < -0.3 is 20.5 Å². The molecule has 0 saturated heterocycles. The fourth-order valence-electron chi connectivity index (χ4n) is 1.80. The Morgan fingerprint density at radius 2 is 2.00 bits per heavy atom.